The summed E-state index contributed by atoms with van der Waals surface area (Å²) in [6, 6.07) is 5.67. The van der Waals surface area contributed by atoms with E-state index in [-0.39, 0.29) is 16.7 Å². The molecule has 1 aromatic heterocycles. The number of nitrogens with zero attached hydrogens (tertiary/aromatic N) is 3. The highest BCUT2D eigenvalue weighted by molar-refractivity contribution is 7.98. The van der Waals surface area contributed by atoms with Crippen molar-refractivity contribution in [2.24, 2.45) is 0 Å². The summed E-state index contributed by atoms with van der Waals surface area (Å²) in [6.45, 7) is 5.08. The molecular formula is C17H15ClF3N3O2S. The summed E-state index contributed by atoms with van der Waals surface area (Å²) < 4.78 is 42.5. The molecule has 2 aromatic rings. The minimum atomic E-state index is -4.89. The molecule has 0 aliphatic heterocycles. The number of hydrogen-bond acceptors (Lipinski definition) is 4. The first-order chi connectivity index (χ1) is 12.5. The van der Waals surface area contributed by atoms with Gasteiger partial charge in [-0.1, -0.05) is 31.5 Å². The Hall–Kier alpha value is -2.18. The van der Waals surface area contributed by atoms with Crippen molar-refractivity contribution in [1.29, 1.82) is 5.26 Å². The molecular weight excluding hydrogens is 403 g/mol. The van der Waals surface area contributed by atoms with E-state index in [1.807, 2.05) is 0 Å². The number of thioether (sulfide) groups is 1. The molecule has 0 unspecified atom stereocenters. The third-order valence-electron chi connectivity index (χ3n) is 3.79. The van der Waals surface area contributed by atoms with Crippen molar-refractivity contribution in [2.45, 2.75) is 38.1 Å². The van der Waals surface area contributed by atoms with Crippen molar-refractivity contribution in [1.82, 2.24) is 4.57 Å². The van der Waals surface area contributed by atoms with Gasteiger partial charge >= 0.3 is 11.9 Å². The Balaban J connectivity index is 2.96. The van der Waals surface area contributed by atoms with E-state index in [1.54, 1.807) is 19.9 Å². The fourth-order valence-electron chi connectivity index (χ4n) is 2.71. The summed E-state index contributed by atoms with van der Waals surface area (Å²) in [6.07, 6.45) is -4.89. The van der Waals surface area contributed by atoms with Gasteiger partial charge in [-0.05, 0) is 30.2 Å². The molecule has 0 spiro atoms. The van der Waals surface area contributed by atoms with E-state index in [0.29, 0.717) is 15.2 Å². The number of halogens is 4. The molecule has 0 saturated heterocycles. The SMILES string of the molecule is Cc1cc(Cl)ccc1-c1c([N+](=O)[O-])c(C#N)n(CSC(C)C)c1C(F)(F)F. The molecule has 5 nitrogen and oxygen atoms in total. The van der Waals surface area contributed by atoms with Crippen molar-refractivity contribution in [3.63, 3.8) is 0 Å². The van der Waals surface area contributed by atoms with E-state index in [4.69, 9.17) is 11.6 Å². The van der Waals surface area contributed by atoms with Gasteiger partial charge in [0, 0.05) is 10.3 Å². The second kappa shape index (κ2) is 7.82. The average molecular weight is 418 g/mol. The Labute approximate surface area is 162 Å². The van der Waals surface area contributed by atoms with Crippen molar-refractivity contribution in [2.75, 3.05) is 0 Å². The topological polar surface area (TPSA) is 71.9 Å². The number of hydrogen-bond donors (Lipinski definition) is 0. The zero-order valence-corrected chi connectivity index (χ0v) is 16.2. The van der Waals surface area contributed by atoms with Crippen molar-refractivity contribution < 1.29 is 18.1 Å². The van der Waals surface area contributed by atoms with E-state index in [9.17, 15) is 28.5 Å². The standard InChI is InChI=1S/C17H15ClF3N3O2S/c1-9(2)27-8-23-13(7-22)15(24(25)26)14(16(23)17(19,20)21)12-5-4-11(18)6-10(12)3/h4-6,9H,8H2,1-3H3. The molecule has 10 heteroatoms. The van der Waals surface area contributed by atoms with Gasteiger partial charge in [-0.25, -0.2) is 0 Å². The summed E-state index contributed by atoms with van der Waals surface area (Å²) in [5.74, 6) is -0.233. The highest BCUT2D eigenvalue weighted by atomic mass is 35.5. The number of alkyl halides is 3. The minimum Gasteiger partial charge on any atom is -0.312 e. The van der Waals surface area contributed by atoms with Crippen LogP contribution in [-0.4, -0.2) is 14.7 Å². The van der Waals surface area contributed by atoms with Crippen LogP contribution in [0.3, 0.4) is 0 Å². The number of nitriles is 1. The van der Waals surface area contributed by atoms with Crippen molar-refractivity contribution >= 4 is 29.1 Å². The Bertz CT molecular complexity index is 933. The van der Waals surface area contributed by atoms with Crippen LogP contribution in [0.2, 0.25) is 5.02 Å². The van der Waals surface area contributed by atoms with Gasteiger partial charge < -0.3 is 4.57 Å². The van der Waals surface area contributed by atoms with Crippen LogP contribution >= 0.6 is 23.4 Å². The van der Waals surface area contributed by atoms with Gasteiger partial charge in [0.05, 0.1) is 16.4 Å². The molecule has 2 rings (SSSR count). The fraction of sp³-hybridized carbons (Fsp3) is 0.353. The Morgan fingerprint density at radius 3 is 2.48 bits per heavy atom. The van der Waals surface area contributed by atoms with Crippen LogP contribution in [0.1, 0.15) is 30.8 Å². The molecule has 1 heterocycles. The van der Waals surface area contributed by atoms with Gasteiger partial charge in [0.15, 0.2) is 0 Å². The molecule has 0 aliphatic carbocycles. The lowest BCUT2D eigenvalue weighted by atomic mass is 9.99. The summed E-state index contributed by atoms with van der Waals surface area (Å²) in [4.78, 5) is 10.7. The number of benzene rings is 1. The number of aryl methyl sites for hydroxylation is 1. The highest BCUT2D eigenvalue weighted by Gasteiger charge is 2.45. The molecule has 144 valence electrons. The van der Waals surface area contributed by atoms with Gasteiger partial charge in [-0.3, -0.25) is 10.1 Å². The third-order valence-corrected chi connectivity index (χ3v) is 5.10. The molecule has 0 N–H and O–H groups in total. The zero-order chi connectivity index (χ0) is 20.5. The number of nitro groups is 1. The molecule has 0 bridgehead atoms. The van der Waals surface area contributed by atoms with Gasteiger partial charge in [-0.15, -0.1) is 11.8 Å². The predicted octanol–water partition coefficient (Wildman–Crippen LogP) is 6.01. The Morgan fingerprint density at radius 1 is 1.41 bits per heavy atom. The number of aromatic nitrogens is 1. The maximum atomic E-state index is 13.9. The van der Waals surface area contributed by atoms with Crippen LogP contribution in [0, 0.1) is 28.4 Å². The van der Waals surface area contributed by atoms with Crippen LogP contribution < -0.4 is 0 Å². The van der Waals surface area contributed by atoms with Crippen LogP contribution in [0.4, 0.5) is 18.9 Å². The second-order valence-electron chi connectivity index (χ2n) is 6.02. The summed E-state index contributed by atoms with van der Waals surface area (Å²) in [7, 11) is 0. The first-order valence-corrected chi connectivity index (χ1v) is 9.18. The molecule has 0 fully saturated rings. The predicted molar refractivity (Wildman–Crippen MR) is 98.7 cm³/mol. The molecule has 0 amide bonds. The first kappa shape index (κ1) is 21.1. The summed E-state index contributed by atoms with van der Waals surface area (Å²) in [5.41, 5.74) is -2.92. The third kappa shape index (κ3) is 4.22. The molecule has 0 aliphatic rings. The van der Waals surface area contributed by atoms with Crippen molar-refractivity contribution in [3.05, 3.63) is 50.3 Å². The smallest absolute Gasteiger partial charge is 0.312 e. The lowest BCUT2D eigenvalue weighted by Crippen LogP contribution is -2.16. The molecule has 0 atom stereocenters. The summed E-state index contributed by atoms with van der Waals surface area (Å²) >= 11 is 7.02. The normalized spacial score (nSPS) is 11.7. The molecule has 1 aromatic carbocycles. The summed E-state index contributed by atoms with van der Waals surface area (Å²) in [5, 5.41) is 21.3. The zero-order valence-electron chi connectivity index (χ0n) is 14.6. The van der Waals surface area contributed by atoms with E-state index in [1.165, 1.54) is 25.1 Å². The van der Waals surface area contributed by atoms with Gasteiger partial charge in [0.1, 0.15) is 11.8 Å². The first-order valence-electron chi connectivity index (χ1n) is 7.75. The van der Waals surface area contributed by atoms with E-state index < -0.39 is 33.7 Å². The van der Waals surface area contributed by atoms with Crippen LogP contribution in [0.25, 0.3) is 11.1 Å². The van der Waals surface area contributed by atoms with Crippen LogP contribution in [0.15, 0.2) is 18.2 Å². The maximum Gasteiger partial charge on any atom is 0.432 e. The lowest BCUT2D eigenvalue weighted by Gasteiger charge is -2.15. The molecule has 27 heavy (non-hydrogen) atoms. The second-order valence-corrected chi connectivity index (χ2v) is 7.99. The lowest BCUT2D eigenvalue weighted by molar-refractivity contribution is -0.384. The maximum absolute atomic E-state index is 13.9. The highest BCUT2D eigenvalue weighted by Crippen LogP contribution is 2.47. The molecule has 0 saturated carbocycles. The van der Waals surface area contributed by atoms with Crippen molar-refractivity contribution in [3.8, 4) is 17.2 Å². The minimum absolute atomic E-state index is 0.0169. The average Bonchev–Trinajstić information content (AvgIpc) is 2.87. The quantitative estimate of drug-likeness (QED) is 0.440. The van der Waals surface area contributed by atoms with Gasteiger partial charge in [0.2, 0.25) is 5.69 Å². The molecule has 0 radical (unpaired) electrons. The Morgan fingerprint density at radius 2 is 2.04 bits per heavy atom. The van der Waals surface area contributed by atoms with Gasteiger partial charge in [0.25, 0.3) is 0 Å². The van der Waals surface area contributed by atoms with Crippen LogP contribution in [0.5, 0.6) is 0 Å². The van der Waals surface area contributed by atoms with Gasteiger partial charge in [-0.2, -0.15) is 18.4 Å². The largest absolute Gasteiger partial charge is 0.432 e. The fourth-order valence-corrected chi connectivity index (χ4v) is 3.64. The van der Waals surface area contributed by atoms with E-state index >= 15 is 0 Å². The van der Waals surface area contributed by atoms with E-state index in [0.717, 1.165) is 11.8 Å². The Kier molecular flexibility index (Phi) is 6.12. The van der Waals surface area contributed by atoms with E-state index in [2.05, 4.69) is 0 Å². The number of rotatable bonds is 5. The monoisotopic (exact) mass is 417 g/mol. The van der Waals surface area contributed by atoms with Crippen LogP contribution in [-0.2, 0) is 12.1 Å².